The first-order valence-electron chi connectivity index (χ1n) is 4.86. The zero-order valence-electron chi connectivity index (χ0n) is 8.79. The van der Waals surface area contributed by atoms with Gasteiger partial charge in [0.1, 0.15) is 0 Å². The molecule has 0 fully saturated rings. The van der Waals surface area contributed by atoms with E-state index >= 15 is 0 Å². The Labute approximate surface area is 90.1 Å². The normalized spacial score (nSPS) is 9.60. The third-order valence-electron chi connectivity index (χ3n) is 1.88. The van der Waals surface area contributed by atoms with Crippen LogP contribution in [0.5, 0.6) is 11.5 Å². The van der Waals surface area contributed by atoms with Gasteiger partial charge in [-0.05, 0) is 24.6 Å². The molecule has 80 valence electrons. The van der Waals surface area contributed by atoms with Crippen LogP contribution in [0, 0.1) is 12.3 Å². The summed E-state index contributed by atoms with van der Waals surface area (Å²) >= 11 is 0. The monoisotopic (exact) mass is 205 g/mol. The Hall–Kier alpha value is -1.66. The second-order valence-corrected chi connectivity index (χ2v) is 3.04. The number of phenols is 1. The van der Waals surface area contributed by atoms with Gasteiger partial charge in [-0.1, -0.05) is 12.0 Å². The van der Waals surface area contributed by atoms with Crippen molar-refractivity contribution in [3.05, 3.63) is 23.8 Å². The van der Waals surface area contributed by atoms with Crippen molar-refractivity contribution < 1.29 is 9.84 Å². The minimum Gasteiger partial charge on any atom is -0.504 e. The van der Waals surface area contributed by atoms with Crippen molar-refractivity contribution in [3.8, 4) is 23.8 Å². The number of terminal acetylenes is 1. The number of nitrogens with one attached hydrogen (secondary N) is 1. The third kappa shape index (κ3) is 3.53. The van der Waals surface area contributed by atoms with Gasteiger partial charge < -0.3 is 15.2 Å². The summed E-state index contributed by atoms with van der Waals surface area (Å²) in [4.78, 5) is 0. The zero-order valence-corrected chi connectivity index (χ0v) is 8.79. The van der Waals surface area contributed by atoms with Crippen LogP contribution < -0.4 is 10.1 Å². The molecule has 3 nitrogen and oxygen atoms in total. The number of rotatable bonds is 5. The van der Waals surface area contributed by atoms with Gasteiger partial charge in [-0.2, -0.15) is 0 Å². The van der Waals surface area contributed by atoms with E-state index in [4.69, 9.17) is 11.2 Å². The van der Waals surface area contributed by atoms with Gasteiger partial charge in [-0.25, -0.2) is 0 Å². The SMILES string of the molecule is C#CCNCc1ccc(O)c(OCC)c1. The molecule has 0 aliphatic heterocycles. The Morgan fingerprint density at radius 1 is 1.53 bits per heavy atom. The van der Waals surface area contributed by atoms with Crippen LogP contribution in [-0.4, -0.2) is 18.3 Å². The molecule has 0 saturated heterocycles. The van der Waals surface area contributed by atoms with Gasteiger partial charge >= 0.3 is 0 Å². The van der Waals surface area contributed by atoms with Crippen LogP contribution in [-0.2, 0) is 6.54 Å². The van der Waals surface area contributed by atoms with E-state index in [-0.39, 0.29) is 5.75 Å². The number of phenolic OH excluding ortho intramolecular Hbond substituents is 1. The highest BCUT2D eigenvalue weighted by Gasteiger charge is 2.02. The van der Waals surface area contributed by atoms with Crippen LogP contribution in [0.1, 0.15) is 12.5 Å². The fourth-order valence-electron chi connectivity index (χ4n) is 1.22. The summed E-state index contributed by atoms with van der Waals surface area (Å²) in [5.74, 6) is 3.17. The number of ether oxygens (including phenoxy) is 1. The van der Waals surface area contributed by atoms with E-state index in [0.29, 0.717) is 25.4 Å². The first-order chi connectivity index (χ1) is 7.27. The van der Waals surface area contributed by atoms with Crippen molar-refractivity contribution >= 4 is 0 Å². The number of hydrogen-bond donors (Lipinski definition) is 2. The number of aromatic hydroxyl groups is 1. The lowest BCUT2D eigenvalue weighted by Gasteiger charge is -2.08. The van der Waals surface area contributed by atoms with Crippen molar-refractivity contribution in [1.82, 2.24) is 5.32 Å². The lowest BCUT2D eigenvalue weighted by atomic mass is 10.2. The van der Waals surface area contributed by atoms with Crippen molar-refractivity contribution in [2.45, 2.75) is 13.5 Å². The van der Waals surface area contributed by atoms with E-state index in [1.807, 2.05) is 19.1 Å². The highest BCUT2D eigenvalue weighted by atomic mass is 16.5. The zero-order chi connectivity index (χ0) is 11.1. The van der Waals surface area contributed by atoms with Crippen LogP contribution in [0.15, 0.2) is 18.2 Å². The second kappa shape index (κ2) is 5.94. The Kier molecular flexibility index (Phi) is 4.52. The Balaban J connectivity index is 2.66. The molecule has 3 heteroatoms. The van der Waals surface area contributed by atoms with Crippen LogP contribution in [0.2, 0.25) is 0 Å². The standard InChI is InChI=1S/C12H15NO2/c1-3-7-13-9-10-5-6-11(14)12(8-10)15-4-2/h1,5-6,8,13-14H,4,7,9H2,2H3. The van der Waals surface area contributed by atoms with E-state index in [1.165, 1.54) is 0 Å². The summed E-state index contributed by atoms with van der Waals surface area (Å²) < 4.78 is 5.27. The fourth-order valence-corrected chi connectivity index (χ4v) is 1.22. The van der Waals surface area contributed by atoms with Gasteiger partial charge in [-0.15, -0.1) is 6.42 Å². The predicted octanol–water partition coefficient (Wildman–Crippen LogP) is 1.51. The maximum Gasteiger partial charge on any atom is 0.161 e. The minimum absolute atomic E-state index is 0.164. The van der Waals surface area contributed by atoms with Crippen LogP contribution in [0.3, 0.4) is 0 Å². The van der Waals surface area contributed by atoms with Gasteiger partial charge in [-0.3, -0.25) is 0 Å². The molecular weight excluding hydrogens is 190 g/mol. The Bertz CT molecular complexity index is 355. The van der Waals surface area contributed by atoms with Gasteiger partial charge in [0.2, 0.25) is 0 Å². The molecule has 2 N–H and O–H groups in total. The maximum absolute atomic E-state index is 9.46. The molecule has 0 aliphatic carbocycles. The summed E-state index contributed by atoms with van der Waals surface area (Å²) in [6, 6.07) is 5.27. The molecule has 1 rings (SSSR count). The lowest BCUT2D eigenvalue weighted by Crippen LogP contribution is -2.12. The highest BCUT2D eigenvalue weighted by Crippen LogP contribution is 2.26. The largest absolute Gasteiger partial charge is 0.504 e. The van der Waals surface area contributed by atoms with Crippen molar-refractivity contribution in [2.24, 2.45) is 0 Å². The molecule has 0 radical (unpaired) electrons. The summed E-state index contributed by atoms with van der Waals surface area (Å²) in [5, 5.41) is 12.5. The van der Waals surface area contributed by atoms with Crippen molar-refractivity contribution in [1.29, 1.82) is 0 Å². The second-order valence-electron chi connectivity index (χ2n) is 3.04. The average Bonchev–Trinajstić information content (AvgIpc) is 2.23. The van der Waals surface area contributed by atoms with E-state index in [0.717, 1.165) is 5.56 Å². The molecule has 0 atom stereocenters. The van der Waals surface area contributed by atoms with E-state index in [9.17, 15) is 5.11 Å². The number of benzene rings is 1. The topological polar surface area (TPSA) is 41.5 Å². The first kappa shape index (κ1) is 11.4. The fraction of sp³-hybridized carbons (Fsp3) is 0.333. The molecule has 0 spiro atoms. The van der Waals surface area contributed by atoms with Crippen LogP contribution >= 0.6 is 0 Å². The smallest absolute Gasteiger partial charge is 0.161 e. The molecule has 1 aromatic carbocycles. The van der Waals surface area contributed by atoms with Crippen molar-refractivity contribution in [3.63, 3.8) is 0 Å². The molecule has 1 aromatic rings. The van der Waals surface area contributed by atoms with Gasteiger partial charge in [0.25, 0.3) is 0 Å². The summed E-state index contributed by atoms with van der Waals surface area (Å²) in [6.45, 7) is 3.62. The number of hydrogen-bond acceptors (Lipinski definition) is 3. The Morgan fingerprint density at radius 2 is 2.33 bits per heavy atom. The quantitative estimate of drug-likeness (QED) is 0.565. The molecule has 0 amide bonds. The van der Waals surface area contributed by atoms with E-state index < -0.39 is 0 Å². The van der Waals surface area contributed by atoms with Gasteiger partial charge in [0.05, 0.1) is 13.2 Å². The highest BCUT2D eigenvalue weighted by molar-refractivity contribution is 5.41. The van der Waals surface area contributed by atoms with E-state index in [1.54, 1.807) is 6.07 Å². The maximum atomic E-state index is 9.46. The molecular formula is C12H15NO2. The minimum atomic E-state index is 0.164. The molecule has 0 heterocycles. The van der Waals surface area contributed by atoms with Gasteiger partial charge in [0, 0.05) is 6.54 Å². The molecule has 15 heavy (non-hydrogen) atoms. The van der Waals surface area contributed by atoms with E-state index in [2.05, 4.69) is 11.2 Å². The summed E-state index contributed by atoms with van der Waals surface area (Å²) in [5.41, 5.74) is 1.03. The van der Waals surface area contributed by atoms with Crippen LogP contribution in [0.25, 0.3) is 0 Å². The average molecular weight is 205 g/mol. The Morgan fingerprint density at radius 3 is 3.00 bits per heavy atom. The molecule has 0 aliphatic rings. The predicted molar refractivity (Wildman–Crippen MR) is 59.8 cm³/mol. The lowest BCUT2D eigenvalue weighted by molar-refractivity contribution is 0.317. The first-order valence-corrected chi connectivity index (χ1v) is 4.86. The molecule has 0 saturated carbocycles. The summed E-state index contributed by atoms with van der Waals surface area (Å²) in [7, 11) is 0. The van der Waals surface area contributed by atoms with Crippen molar-refractivity contribution in [2.75, 3.05) is 13.2 Å². The molecule has 0 bridgehead atoms. The van der Waals surface area contributed by atoms with Crippen LogP contribution in [0.4, 0.5) is 0 Å². The molecule has 0 unspecified atom stereocenters. The molecule has 0 aromatic heterocycles. The third-order valence-corrected chi connectivity index (χ3v) is 1.88. The van der Waals surface area contributed by atoms with Gasteiger partial charge in [0.15, 0.2) is 11.5 Å². The summed E-state index contributed by atoms with van der Waals surface area (Å²) in [6.07, 6.45) is 5.12.